The van der Waals surface area contributed by atoms with Gasteiger partial charge in [-0.25, -0.2) is 9.37 Å². The van der Waals surface area contributed by atoms with Gasteiger partial charge >= 0.3 is 0 Å². The summed E-state index contributed by atoms with van der Waals surface area (Å²) in [5.41, 5.74) is 1.34. The molecule has 2 aromatic rings. The number of aromatic nitrogens is 1. The highest BCUT2D eigenvalue weighted by Gasteiger charge is 2.15. The monoisotopic (exact) mass is 293 g/mol. The minimum atomic E-state index is -0.371. The van der Waals surface area contributed by atoms with Crippen LogP contribution in [0.4, 0.5) is 4.39 Å². The highest BCUT2D eigenvalue weighted by Crippen LogP contribution is 2.23. The Morgan fingerprint density at radius 1 is 1.20 bits per heavy atom. The van der Waals surface area contributed by atoms with Crippen molar-refractivity contribution in [2.75, 3.05) is 0 Å². The summed E-state index contributed by atoms with van der Waals surface area (Å²) in [4.78, 5) is 4.44. The van der Waals surface area contributed by atoms with Crippen LogP contribution in [0.2, 0.25) is 5.02 Å². The van der Waals surface area contributed by atoms with Crippen LogP contribution < -0.4 is 4.74 Å². The Labute approximate surface area is 123 Å². The van der Waals surface area contributed by atoms with Crippen molar-refractivity contribution in [1.82, 2.24) is 4.98 Å². The van der Waals surface area contributed by atoms with Gasteiger partial charge in [0.1, 0.15) is 12.4 Å². The van der Waals surface area contributed by atoms with Crippen molar-refractivity contribution in [2.45, 2.75) is 32.8 Å². The number of benzene rings is 1. The van der Waals surface area contributed by atoms with E-state index in [1.54, 1.807) is 18.2 Å². The van der Waals surface area contributed by atoms with E-state index in [1.807, 2.05) is 12.1 Å². The minimum Gasteiger partial charge on any atom is -0.473 e. The van der Waals surface area contributed by atoms with Gasteiger partial charge in [0.05, 0.1) is 0 Å². The number of pyridine rings is 1. The Bertz CT molecular complexity index is 608. The van der Waals surface area contributed by atoms with Crippen LogP contribution in [0.3, 0.4) is 0 Å². The van der Waals surface area contributed by atoms with Gasteiger partial charge in [-0.3, -0.25) is 0 Å². The first-order valence-corrected chi connectivity index (χ1v) is 6.78. The van der Waals surface area contributed by atoms with E-state index < -0.39 is 0 Å². The first-order chi connectivity index (χ1) is 9.36. The van der Waals surface area contributed by atoms with Crippen LogP contribution in [-0.4, -0.2) is 4.98 Å². The summed E-state index contributed by atoms with van der Waals surface area (Å²) in [5, 5.41) is 0.374. The Balaban J connectivity index is 2.11. The first kappa shape index (κ1) is 14.8. The van der Waals surface area contributed by atoms with E-state index in [4.69, 9.17) is 16.3 Å². The number of halogens is 2. The number of hydrogen-bond acceptors (Lipinski definition) is 2. The summed E-state index contributed by atoms with van der Waals surface area (Å²) in [6.07, 6.45) is 0. The summed E-state index contributed by atoms with van der Waals surface area (Å²) < 4.78 is 19.2. The Kier molecular flexibility index (Phi) is 4.29. The topological polar surface area (TPSA) is 22.1 Å². The third-order valence-corrected chi connectivity index (χ3v) is 3.12. The van der Waals surface area contributed by atoms with E-state index in [9.17, 15) is 4.39 Å². The molecule has 0 radical (unpaired) electrons. The highest BCUT2D eigenvalue weighted by atomic mass is 35.5. The fourth-order valence-corrected chi connectivity index (χ4v) is 1.86. The molecule has 2 rings (SSSR count). The second-order valence-corrected chi connectivity index (χ2v) is 6.07. The lowest BCUT2D eigenvalue weighted by Gasteiger charge is -2.18. The zero-order chi connectivity index (χ0) is 14.8. The van der Waals surface area contributed by atoms with Crippen molar-refractivity contribution in [3.63, 3.8) is 0 Å². The number of rotatable bonds is 3. The summed E-state index contributed by atoms with van der Waals surface area (Å²) in [6, 6.07) is 10.1. The van der Waals surface area contributed by atoms with Crippen LogP contribution in [0, 0.1) is 5.82 Å². The molecule has 0 aliphatic carbocycles. The fourth-order valence-electron chi connectivity index (χ4n) is 1.70. The van der Waals surface area contributed by atoms with Crippen molar-refractivity contribution < 1.29 is 9.13 Å². The highest BCUT2D eigenvalue weighted by molar-refractivity contribution is 6.30. The summed E-state index contributed by atoms with van der Waals surface area (Å²) in [5.74, 6) is 0.122. The molecule has 0 N–H and O–H groups in total. The quantitative estimate of drug-likeness (QED) is 0.814. The predicted octanol–water partition coefficient (Wildman–Crippen LogP) is 4.75. The molecule has 0 fully saturated rings. The Morgan fingerprint density at radius 2 is 1.95 bits per heavy atom. The van der Waals surface area contributed by atoms with Crippen LogP contribution in [0.1, 0.15) is 32.0 Å². The molecular weight excluding hydrogens is 277 g/mol. The summed E-state index contributed by atoms with van der Waals surface area (Å²) in [6.45, 7) is 6.37. The van der Waals surface area contributed by atoms with Crippen molar-refractivity contribution in [3.05, 3.63) is 58.5 Å². The van der Waals surface area contributed by atoms with Crippen LogP contribution in [0.5, 0.6) is 5.88 Å². The molecule has 0 unspecified atom stereocenters. The van der Waals surface area contributed by atoms with Gasteiger partial charge in [-0.15, -0.1) is 0 Å². The second kappa shape index (κ2) is 5.80. The van der Waals surface area contributed by atoms with Crippen LogP contribution in [0.15, 0.2) is 36.4 Å². The zero-order valence-corrected chi connectivity index (χ0v) is 12.5. The lowest BCUT2D eigenvalue weighted by Crippen LogP contribution is -2.13. The van der Waals surface area contributed by atoms with Crippen LogP contribution in [-0.2, 0) is 12.0 Å². The summed E-state index contributed by atoms with van der Waals surface area (Å²) in [7, 11) is 0. The lowest BCUT2D eigenvalue weighted by molar-refractivity contribution is 0.285. The zero-order valence-electron chi connectivity index (χ0n) is 11.8. The van der Waals surface area contributed by atoms with Gasteiger partial charge in [-0.2, -0.15) is 0 Å². The van der Waals surface area contributed by atoms with Crippen LogP contribution >= 0.6 is 11.6 Å². The molecule has 0 atom stereocenters. The van der Waals surface area contributed by atoms with Gasteiger partial charge in [0.2, 0.25) is 5.88 Å². The molecule has 1 aromatic carbocycles. The number of nitrogens with zero attached hydrogens (tertiary/aromatic N) is 1. The van der Waals surface area contributed by atoms with E-state index in [0.29, 0.717) is 16.5 Å². The maximum Gasteiger partial charge on any atom is 0.213 e. The third-order valence-electron chi connectivity index (χ3n) is 2.88. The van der Waals surface area contributed by atoms with E-state index in [-0.39, 0.29) is 17.8 Å². The smallest absolute Gasteiger partial charge is 0.213 e. The third kappa shape index (κ3) is 3.70. The largest absolute Gasteiger partial charge is 0.473 e. The normalized spacial score (nSPS) is 11.4. The SMILES string of the molecule is CC(C)(C)c1cccc(OCc2ccc(Cl)cc2F)n1. The molecule has 106 valence electrons. The second-order valence-electron chi connectivity index (χ2n) is 5.64. The maximum absolute atomic E-state index is 13.6. The van der Waals surface area contributed by atoms with Gasteiger partial charge in [0.25, 0.3) is 0 Å². The van der Waals surface area contributed by atoms with Crippen molar-refractivity contribution >= 4 is 11.6 Å². The predicted molar refractivity (Wildman–Crippen MR) is 78.7 cm³/mol. The molecule has 0 saturated carbocycles. The molecule has 1 aromatic heterocycles. The number of ether oxygens (including phenoxy) is 1. The van der Waals surface area contributed by atoms with Gasteiger partial charge in [0.15, 0.2) is 0 Å². The lowest BCUT2D eigenvalue weighted by atomic mass is 9.92. The van der Waals surface area contributed by atoms with Gasteiger partial charge in [-0.1, -0.05) is 44.5 Å². The molecule has 0 aliphatic heterocycles. The maximum atomic E-state index is 13.6. The van der Waals surface area contributed by atoms with Crippen molar-refractivity contribution in [3.8, 4) is 5.88 Å². The van der Waals surface area contributed by atoms with E-state index in [2.05, 4.69) is 25.8 Å². The molecule has 0 saturated heterocycles. The molecule has 2 nitrogen and oxygen atoms in total. The standard InChI is InChI=1S/C16H17ClFNO/c1-16(2,3)14-5-4-6-15(19-14)20-10-11-7-8-12(17)9-13(11)18/h4-9H,10H2,1-3H3. The molecule has 4 heteroatoms. The molecule has 0 bridgehead atoms. The first-order valence-electron chi connectivity index (χ1n) is 6.40. The van der Waals surface area contributed by atoms with E-state index >= 15 is 0 Å². The van der Waals surface area contributed by atoms with Crippen molar-refractivity contribution in [1.29, 1.82) is 0 Å². The minimum absolute atomic E-state index is 0.0507. The van der Waals surface area contributed by atoms with Gasteiger partial charge in [0, 0.05) is 27.8 Å². The van der Waals surface area contributed by atoms with Crippen molar-refractivity contribution in [2.24, 2.45) is 0 Å². The average Bonchev–Trinajstić information content (AvgIpc) is 2.37. The summed E-state index contributed by atoms with van der Waals surface area (Å²) >= 11 is 5.71. The molecule has 1 heterocycles. The Hall–Kier alpha value is -1.61. The fraction of sp³-hybridized carbons (Fsp3) is 0.312. The molecule has 0 spiro atoms. The van der Waals surface area contributed by atoms with Crippen LogP contribution in [0.25, 0.3) is 0 Å². The molecule has 0 amide bonds. The molecule has 0 aliphatic rings. The van der Waals surface area contributed by atoms with E-state index in [0.717, 1.165) is 5.69 Å². The average molecular weight is 294 g/mol. The molecule has 20 heavy (non-hydrogen) atoms. The number of hydrogen-bond donors (Lipinski definition) is 0. The molecular formula is C16H17ClFNO. The van der Waals surface area contributed by atoms with E-state index in [1.165, 1.54) is 6.07 Å². The van der Waals surface area contributed by atoms with Gasteiger partial charge < -0.3 is 4.74 Å². The Morgan fingerprint density at radius 3 is 2.60 bits per heavy atom. The van der Waals surface area contributed by atoms with Gasteiger partial charge in [-0.05, 0) is 18.2 Å².